The van der Waals surface area contributed by atoms with Crippen LogP contribution in [0.5, 0.6) is 0 Å². The van der Waals surface area contributed by atoms with Crippen LogP contribution >= 0.6 is 23.1 Å². The van der Waals surface area contributed by atoms with Gasteiger partial charge in [0, 0.05) is 10.3 Å². The summed E-state index contributed by atoms with van der Waals surface area (Å²) in [7, 11) is 0. The molecule has 0 radical (unpaired) electrons. The van der Waals surface area contributed by atoms with E-state index >= 15 is 0 Å². The lowest BCUT2D eigenvalue weighted by Gasteiger charge is -2.02. The van der Waals surface area contributed by atoms with E-state index in [2.05, 4.69) is 10.3 Å². The Balaban J connectivity index is 1.84. The smallest absolute Gasteiger partial charge is 0.357 e. The zero-order valence-electron chi connectivity index (χ0n) is 11.7. The van der Waals surface area contributed by atoms with Crippen LogP contribution in [0.2, 0.25) is 0 Å². The predicted molar refractivity (Wildman–Crippen MR) is 83.8 cm³/mol. The van der Waals surface area contributed by atoms with Crippen LogP contribution in [-0.4, -0.2) is 29.2 Å². The van der Waals surface area contributed by atoms with Crippen LogP contribution in [0.15, 0.2) is 34.5 Å². The largest absolute Gasteiger partial charge is 0.461 e. The number of amides is 1. The average molecular weight is 340 g/mol. The van der Waals surface area contributed by atoms with Crippen LogP contribution in [-0.2, 0) is 9.53 Å². The van der Waals surface area contributed by atoms with Crippen molar-refractivity contribution in [2.24, 2.45) is 0 Å². The number of nitrogens with zero attached hydrogens (tertiary/aromatic N) is 1. The second-order valence-corrected chi connectivity index (χ2v) is 5.96. The molecule has 8 heteroatoms. The number of thiazole rings is 1. The average Bonchev–Trinajstić information content (AvgIpc) is 2.95. The molecule has 0 spiro atoms. The minimum Gasteiger partial charge on any atom is -0.461 e. The van der Waals surface area contributed by atoms with Gasteiger partial charge in [0.15, 0.2) is 10.8 Å². The van der Waals surface area contributed by atoms with Gasteiger partial charge in [0.05, 0.1) is 12.4 Å². The summed E-state index contributed by atoms with van der Waals surface area (Å²) >= 11 is 2.44. The van der Waals surface area contributed by atoms with Gasteiger partial charge in [-0.25, -0.2) is 14.2 Å². The number of anilines is 1. The van der Waals surface area contributed by atoms with Crippen molar-refractivity contribution in [3.63, 3.8) is 0 Å². The number of carbonyl (C=O) groups excluding carboxylic acids is 2. The summed E-state index contributed by atoms with van der Waals surface area (Å²) in [4.78, 5) is 28.0. The molecule has 1 amide bonds. The molecular weight excluding hydrogens is 327 g/mol. The monoisotopic (exact) mass is 340 g/mol. The van der Waals surface area contributed by atoms with Gasteiger partial charge in [-0.2, -0.15) is 0 Å². The zero-order valence-corrected chi connectivity index (χ0v) is 13.3. The Morgan fingerprint density at radius 1 is 1.36 bits per heavy atom. The van der Waals surface area contributed by atoms with Crippen LogP contribution in [0.1, 0.15) is 17.4 Å². The summed E-state index contributed by atoms with van der Waals surface area (Å²) < 4.78 is 17.6. The fraction of sp³-hybridized carbons (Fsp3) is 0.214. The molecule has 2 aromatic rings. The topological polar surface area (TPSA) is 68.3 Å². The summed E-state index contributed by atoms with van der Waals surface area (Å²) in [6.07, 6.45) is 0. The van der Waals surface area contributed by atoms with Gasteiger partial charge >= 0.3 is 5.97 Å². The molecule has 1 N–H and O–H groups in total. The normalized spacial score (nSPS) is 10.3. The maximum Gasteiger partial charge on any atom is 0.357 e. The quantitative estimate of drug-likeness (QED) is 0.646. The van der Waals surface area contributed by atoms with E-state index in [9.17, 15) is 14.0 Å². The Hall–Kier alpha value is -1.93. The maximum atomic E-state index is 12.8. The third kappa shape index (κ3) is 4.81. The van der Waals surface area contributed by atoms with Crippen LogP contribution in [0.4, 0.5) is 9.52 Å². The van der Waals surface area contributed by atoms with E-state index in [1.807, 2.05) is 0 Å². The zero-order chi connectivity index (χ0) is 15.9. The van der Waals surface area contributed by atoms with E-state index in [0.717, 1.165) is 16.2 Å². The molecule has 0 aliphatic carbocycles. The van der Waals surface area contributed by atoms with Gasteiger partial charge in [-0.1, -0.05) is 0 Å². The molecule has 0 atom stereocenters. The highest BCUT2D eigenvalue weighted by molar-refractivity contribution is 8.00. The Morgan fingerprint density at radius 3 is 2.77 bits per heavy atom. The molecule has 1 aromatic heterocycles. The van der Waals surface area contributed by atoms with E-state index in [1.54, 1.807) is 19.1 Å². The Labute approximate surface area is 134 Å². The lowest BCUT2D eigenvalue weighted by atomic mass is 10.4. The Morgan fingerprint density at radius 2 is 2.09 bits per heavy atom. The van der Waals surface area contributed by atoms with Crippen molar-refractivity contribution in [3.8, 4) is 0 Å². The Bertz CT molecular complexity index is 658. The number of ether oxygens (including phenoxy) is 1. The highest BCUT2D eigenvalue weighted by Gasteiger charge is 2.13. The molecule has 0 aliphatic heterocycles. The first-order chi connectivity index (χ1) is 10.6. The van der Waals surface area contributed by atoms with Crippen LogP contribution in [0.25, 0.3) is 0 Å². The van der Waals surface area contributed by atoms with Gasteiger partial charge in [-0.05, 0) is 31.2 Å². The van der Waals surface area contributed by atoms with Gasteiger partial charge in [-0.15, -0.1) is 23.1 Å². The molecular formula is C14H13FN2O3S2. The summed E-state index contributed by atoms with van der Waals surface area (Å²) in [6, 6.07) is 5.89. The van der Waals surface area contributed by atoms with Gasteiger partial charge in [-0.3, -0.25) is 4.79 Å². The Kier molecular flexibility index (Phi) is 5.91. The number of rotatable bonds is 6. The lowest BCUT2D eigenvalue weighted by Crippen LogP contribution is -2.14. The van der Waals surface area contributed by atoms with E-state index < -0.39 is 5.97 Å². The molecule has 0 unspecified atom stereocenters. The van der Waals surface area contributed by atoms with E-state index in [1.165, 1.54) is 29.3 Å². The lowest BCUT2D eigenvalue weighted by molar-refractivity contribution is -0.113. The van der Waals surface area contributed by atoms with Crippen molar-refractivity contribution >= 4 is 40.1 Å². The molecule has 1 aromatic carbocycles. The third-order valence-corrected chi connectivity index (χ3v) is 4.19. The van der Waals surface area contributed by atoms with Crippen molar-refractivity contribution in [2.75, 3.05) is 17.7 Å². The standard InChI is InChI=1S/C14H13FN2O3S2/c1-2-20-13(19)11-7-22-14(16-11)17-12(18)8-21-10-5-3-9(15)4-6-10/h3-7H,2,8H2,1H3,(H,16,17,18). The van der Waals surface area contributed by atoms with E-state index in [-0.39, 0.29) is 29.8 Å². The summed E-state index contributed by atoms with van der Waals surface area (Å²) in [5.41, 5.74) is 0.174. The molecule has 22 heavy (non-hydrogen) atoms. The third-order valence-electron chi connectivity index (χ3n) is 2.42. The fourth-order valence-corrected chi connectivity index (χ4v) is 2.86. The number of aromatic nitrogens is 1. The number of benzene rings is 1. The van der Waals surface area contributed by atoms with Crippen molar-refractivity contribution in [1.29, 1.82) is 0 Å². The molecule has 0 fully saturated rings. The first-order valence-electron chi connectivity index (χ1n) is 6.39. The molecule has 116 valence electrons. The molecule has 0 aliphatic rings. The van der Waals surface area contributed by atoms with Crippen molar-refractivity contribution in [2.45, 2.75) is 11.8 Å². The summed E-state index contributed by atoms with van der Waals surface area (Å²) in [5, 5.41) is 4.48. The number of thioether (sulfide) groups is 1. The first-order valence-corrected chi connectivity index (χ1v) is 8.26. The molecule has 2 rings (SSSR count). The van der Waals surface area contributed by atoms with Gasteiger partial charge in [0.2, 0.25) is 5.91 Å². The number of carbonyl (C=O) groups is 2. The first kappa shape index (κ1) is 16.4. The molecule has 0 saturated heterocycles. The maximum absolute atomic E-state index is 12.8. The molecule has 5 nitrogen and oxygen atoms in total. The summed E-state index contributed by atoms with van der Waals surface area (Å²) in [6.45, 7) is 1.98. The number of halogens is 1. The van der Waals surface area contributed by atoms with Gasteiger partial charge < -0.3 is 10.1 Å². The van der Waals surface area contributed by atoms with Crippen LogP contribution < -0.4 is 5.32 Å². The van der Waals surface area contributed by atoms with Crippen LogP contribution in [0, 0.1) is 5.82 Å². The minimum absolute atomic E-state index is 0.167. The number of nitrogens with one attached hydrogen (secondary N) is 1. The molecule has 0 saturated carbocycles. The fourth-order valence-electron chi connectivity index (χ4n) is 1.46. The van der Waals surface area contributed by atoms with Crippen molar-refractivity contribution < 1.29 is 18.7 Å². The van der Waals surface area contributed by atoms with E-state index in [0.29, 0.717) is 5.13 Å². The second-order valence-electron chi connectivity index (χ2n) is 4.05. The second kappa shape index (κ2) is 7.90. The molecule has 0 bridgehead atoms. The van der Waals surface area contributed by atoms with Gasteiger partial charge in [0.1, 0.15) is 5.82 Å². The van der Waals surface area contributed by atoms with Gasteiger partial charge in [0.25, 0.3) is 0 Å². The number of hydrogen-bond donors (Lipinski definition) is 1. The van der Waals surface area contributed by atoms with Crippen molar-refractivity contribution in [3.05, 3.63) is 41.2 Å². The SMILES string of the molecule is CCOC(=O)c1csc(NC(=O)CSc2ccc(F)cc2)n1. The van der Waals surface area contributed by atoms with E-state index in [4.69, 9.17) is 4.74 Å². The highest BCUT2D eigenvalue weighted by Crippen LogP contribution is 2.20. The predicted octanol–water partition coefficient (Wildman–Crippen LogP) is 3.19. The van der Waals surface area contributed by atoms with Crippen molar-refractivity contribution in [1.82, 2.24) is 4.98 Å². The minimum atomic E-state index is -0.514. The molecule has 1 heterocycles. The summed E-state index contributed by atoms with van der Waals surface area (Å²) in [5.74, 6) is -0.915. The number of esters is 1. The number of hydrogen-bond acceptors (Lipinski definition) is 6. The highest BCUT2D eigenvalue weighted by atomic mass is 32.2. The van der Waals surface area contributed by atoms with Crippen LogP contribution in [0.3, 0.4) is 0 Å².